The summed E-state index contributed by atoms with van der Waals surface area (Å²) in [4.78, 5) is 2.57. The topological polar surface area (TPSA) is 82.4 Å². The van der Waals surface area contributed by atoms with E-state index in [9.17, 15) is 15.3 Å². The maximum absolute atomic E-state index is 12.2. The first-order chi connectivity index (χ1) is 13.9. The number of ether oxygens (including phenoxy) is 2. The number of nitrogens with zero attached hydrogens (tertiary/aromatic N) is 1. The molecule has 164 valence electrons. The van der Waals surface area contributed by atoms with E-state index in [0.717, 1.165) is 45.4 Å². The van der Waals surface area contributed by atoms with Crippen molar-refractivity contribution in [1.29, 1.82) is 0 Å². The summed E-state index contributed by atoms with van der Waals surface area (Å²) >= 11 is 0. The van der Waals surface area contributed by atoms with E-state index >= 15 is 0 Å². The van der Waals surface area contributed by atoms with Crippen molar-refractivity contribution in [3.05, 3.63) is 0 Å². The smallest absolute Gasteiger partial charge is 0.0771 e. The fraction of sp³-hybridized carbons (Fsp3) is 1.00. The molecule has 0 unspecified atom stereocenters. The number of aliphatic hydroxyl groups is 3. The molecule has 29 heavy (non-hydrogen) atoms. The third-order valence-corrected chi connectivity index (χ3v) is 10.9. The van der Waals surface area contributed by atoms with Crippen LogP contribution in [-0.4, -0.2) is 84.1 Å². The van der Waals surface area contributed by atoms with Crippen molar-refractivity contribution in [3.8, 4) is 0 Å². The zero-order valence-electron chi connectivity index (χ0n) is 18.0. The van der Waals surface area contributed by atoms with Crippen molar-refractivity contribution in [2.45, 2.75) is 69.0 Å². The molecule has 7 bridgehead atoms. The third-order valence-electron chi connectivity index (χ3n) is 10.9. The highest BCUT2D eigenvalue weighted by Crippen LogP contribution is 2.78. The Morgan fingerprint density at radius 1 is 1.14 bits per heavy atom. The molecule has 0 aromatic rings. The van der Waals surface area contributed by atoms with Crippen LogP contribution in [0.5, 0.6) is 0 Å². The molecule has 0 amide bonds. The van der Waals surface area contributed by atoms with Crippen LogP contribution in [0.2, 0.25) is 0 Å². The molecule has 12 atom stereocenters. The summed E-state index contributed by atoms with van der Waals surface area (Å²) in [7, 11) is 3.52. The van der Waals surface area contributed by atoms with Crippen LogP contribution in [0.1, 0.15) is 39.0 Å². The Balaban J connectivity index is 1.57. The lowest BCUT2D eigenvalue weighted by atomic mass is 9.43. The fourth-order valence-electron chi connectivity index (χ4n) is 10.4. The molecule has 6 nitrogen and oxygen atoms in total. The monoisotopic (exact) mass is 407 g/mol. The second kappa shape index (κ2) is 5.96. The van der Waals surface area contributed by atoms with Crippen LogP contribution in [-0.2, 0) is 9.47 Å². The van der Waals surface area contributed by atoms with Gasteiger partial charge in [0.2, 0.25) is 0 Å². The fourth-order valence-corrected chi connectivity index (χ4v) is 10.4. The average molecular weight is 408 g/mol. The SMILES string of the molecule is CCN1C[C@]2(COC)CC[C@H](O)[C@@]34[C@@H]5C[C@H]6[C@H](O)[C@@H]5[C@](O)(C[C@@H]6OC)[C@@H](C[C@@H]23)[C@@H]14. The Bertz CT molecular complexity index is 705. The molecule has 1 aliphatic heterocycles. The van der Waals surface area contributed by atoms with Crippen LogP contribution >= 0.6 is 0 Å². The maximum Gasteiger partial charge on any atom is 0.0771 e. The van der Waals surface area contributed by atoms with Gasteiger partial charge >= 0.3 is 0 Å². The molecule has 1 spiro atoms. The van der Waals surface area contributed by atoms with Crippen LogP contribution < -0.4 is 0 Å². The quantitative estimate of drug-likeness (QED) is 0.642. The van der Waals surface area contributed by atoms with Gasteiger partial charge in [0.1, 0.15) is 0 Å². The molecule has 0 radical (unpaired) electrons. The molecule has 6 heteroatoms. The Morgan fingerprint density at radius 2 is 1.93 bits per heavy atom. The number of likely N-dealkylation sites (tertiary alicyclic amines) is 1. The van der Waals surface area contributed by atoms with Crippen molar-refractivity contribution < 1.29 is 24.8 Å². The number of hydrogen-bond acceptors (Lipinski definition) is 6. The molecule has 6 rings (SSSR count). The number of piperidine rings is 1. The second-order valence-corrected chi connectivity index (χ2v) is 11.2. The molecule has 6 fully saturated rings. The van der Waals surface area contributed by atoms with Crippen molar-refractivity contribution in [2.24, 2.45) is 40.4 Å². The van der Waals surface area contributed by atoms with E-state index in [2.05, 4.69) is 11.8 Å². The zero-order chi connectivity index (χ0) is 20.3. The molecule has 1 saturated heterocycles. The van der Waals surface area contributed by atoms with E-state index in [1.54, 1.807) is 14.2 Å². The highest BCUT2D eigenvalue weighted by molar-refractivity contribution is 5.33. The maximum atomic E-state index is 12.2. The van der Waals surface area contributed by atoms with E-state index in [0.29, 0.717) is 12.3 Å². The number of hydrogen-bond donors (Lipinski definition) is 3. The summed E-state index contributed by atoms with van der Waals surface area (Å²) in [6.07, 6.45) is 3.27. The summed E-state index contributed by atoms with van der Waals surface area (Å²) < 4.78 is 11.6. The normalized spacial score (nSPS) is 62.5. The Kier molecular flexibility index (Phi) is 4.00. The van der Waals surface area contributed by atoms with Crippen molar-refractivity contribution >= 4 is 0 Å². The summed E-state index contributed by atoms with van der Waals surface area (Å²) in [6, 6.07) is 0.200. The standard InChI is InChI=1S/C23H37NO5/c1-4-24-10-21(11-28-2)6-5-17(25)23-13-7-12-15(29-3)9-22(27,18(13)19(12)26)14(20(23)24)8-16(21)23/h12-20,25-27H,4-11H2,1-3H3/t12-,13-,14+,15+,16+,17+,18-,19+,20-,21+,22+,23-/m1/s1. The van der Waals surface area contributed by atoms with Gasteiger partial charge in [-0.3, -0.25) is 4.90 Å². The van der Waals surface area contributed by atoms with Gasteiger partial charge in [-0.05, 0) is 44.1 Å². The summed E-state index contributed by atoms with van der Waals surface area (Å²) in [5, 5.41) is 35.2. The Labute approximate surface area is 173 Å². The molecule has 0 aromatic heterocycles. The van der Waals surface area contributed by atoms with Crippen LogP contribution in [0.4, 0.5) is 0 Å². The van der Waals surface area contributed by atoms with E-state index in [1.807, 2.05) is 0 Å². The minimum absolute atomic E-state index is 0.0495. The van der Waals surface area contributed by atoms with Gasteiger partial charge in [-0.1, -0.05) is 6.92 Å². The number of rotatable bonds is 4. The molecule has 5 saturated carbocycles. The molecule has 3 N–H and O–H groups in total. The lowest BCUT2D eigenvalue weighted by molar-refractivity contribution is -0.272. The van der Waals surface area contributed by atoms with Crippen LogP contribution in [0.3, 0.4) is 0 Å². The van der Waals surface area contributed by atoms with Gasteiger partial charge < -0.3 is 24.8 Å². The van der Waals surface area contributed by atoms with Crippen molar-refractivity contribution in [3.63, 3.8) is 0 Å². The summed E-state index contributed by atoms with van der Waals surface area (Å²) in [6.45, 7) is 4.88. The molecule has 6 aliphatic rings. The summed E-state index contributed by atoms with van der Waals surface area (Å²) in [5.41, 5.74) is -1.08. The van der Waals surface area contributed by atoms with Crippen LogP contribution in [0.15, 0.2) is 0 Å². The molecule has 1 heterocycles. The van der Waals surface area contributed by atoms with Gasteiger partial charge in [0.05, 0.1) is 30.5 Å². The number of methoxy groups -OCH3 is 2. The summed E-state index contributed by atoms with van der Waals surface area (Å²) in [5.74, 6) is 0.553. The highest BCUT2D eigenvalue weighted by Gasteiger charge is 2.83. The minimum Gasteiger partial charge on any atom is -0.392 e. The highest BCUT2D eigenvalue weighted by atomic mass is 16.5. The van der Waals surface area contributed by atoms with Crippen molar-refractivity contribution in [2.75, 3.05) is 33.9 Å². The molecule has 0 aromatic carbocycles. The first-order valence-corrected chi connectivity index (χ1v) is 11.7. The molecular formula is C23H37NO5. The number of fused-ring (bicyclic) bond motifs is 2. The van der Waals surface area contributed by atoms with Gasteiger partial charge in [-0.15, -0.1) is 0 Å². The average Bonchev–Trinajstić information content (AvgIpc) is 3.13. The van der Waals surface area contributed by atoms with E-state index in [-0.39, 0.29) is 52.8 Å². The largest absolute Gasteiger partial charge is 0.392 e. The van der Waals surface area contributed by atoms with Gasteiger partial charge in [0.15, 0.2) is 0 Å². The predicted octanol–water partition coefficient (Wildman–Crippen LogP) is 0.877. The lowest BCUT2D eigenvalue weighted by Gasteiger charge is -2.69. The van der Waals surface area contributed by atoms with Gasteiger partial charge in [0.25, 0.3) is 0 Å². The van der Waals surface area contributed by atoms with Crippen LogP contribution in [0.25, 0.3) is 0 Å². The van der Waals surface area contributed by atoms with E-state index in [4.69, 9.17) is 9.47 Å². The zero-order valence-corrected chi connectivity index (χ0v) is 18.0. The van der Waals surface area contributed by atoms with E-state index < -0.39 is 11.7 Å². The van der Waals surface area contributed by atoms with Crippen LogP contribution in [0, 0.1) is 40.4 Å². The van der Waals surface area contributed by atoms with Gasteiger partial charge in [-0.25, -0.2) is 0 Å². The lowest BCUT2D eigenvalue weighted by Crippen LogP contribution is -2.76. The van der Waals surface area contributed by atoms with E-state index in [1.165, 1.54) is 0 Å². The Morgan fingerprint density at radius 3 is 2.62 bits per heavy atom. The third kappa shape index (κ3) is 1.93. The van der Waals surface area contributed by atoms with Crippen molar-refractivity contribution in [1.82, 2.24) is 4.90 Å². The minimum atomic E-state index is -0.901. The second-order valence-electron chi connectivity index (χ2n) is 11.2. The number of aliphatic hydroxyl groups excluding tert-OH is 2. The molecule has 5 aliphatic carbocycles. The first kappa shape index (κ1) is 19.4. The predicted molar refractivity (Wildman–Crippen MR) is 106 cm³/mol. The van der Waals surface area contributed by atoms with Gasteiger partial charge in [0, 0.05) is 61.8 Å². The Hall–Kier alpha value is -0.240. The molecular weight excluding hydrogens is 370 g/mol. The first-order valence-electron chi connectivity index (χ1n) is 11.7. The van der Waals surface area contributed by atoms with Gasteiger partial charge in [-0.2, -0.15) is 0 Å².